The highest BCUT2D eigenvalue weighted by atomic mass is 16.5. The predicted molar refractivity (Wildman–Crippen MR) is 84.9 cm³/mol. The van der Waals surface area contributed by atoms with Crippen molar-refractivity contribution < 1.29 is 9.15 Å². The number of rotatable bonds is 5. The molecule has 5 heteroatoms. The second kappa shape index (κ2) is 6.58. The highest BCUT2D eigenvalue weighted by molar-refractivity contribution is 5.66. The van der Waals surface area contributed by atoms with E-state index in [1.807, 2.05) is 60.7 Å². The van der Waals surface area contributed by atoms with Gasteiger partial charge in [-0.15, -0.1) is 5.10 Å². The van der Waals surface area contributed by atoms with E-state index < -0.39 is 0 Å². The lowest BCUT2D eigenvalue weighted by molar-refractivity contribution is 0.306. The van der Waals surface area contributed by atoms with Crippen LogP contribution in [0.3, 0.4) is 0 Å². The van der Waals surface area contributed by atoms with Crippen molar-refractivity contribution in [2.24, 2.45) is 0 Å². The van der Waals surface area contributed by atoms with Gasteiger partial charge in [0.15, 0.2) is 0 Å². The van der Waals surface area contributed by atoms with E-state index in [2.05, 4.69) is 10.2 Å². The van der Waals surface area contributed by atoms with Crippen LogP contribution in [0.1, 0.15) is 17.0 Å². The third-order valence-electron chi connectivity index (χ3n) is 3.00. The first kappa shape index (κ1) is 13.9. The zero-order chi connectivity index (χ0) is 15.2. The number of nitrogens with two attached hydrogens (primary N) is 1. The van der Waals surface area contributed by atoms with Crippen LogP contribution in [0.5, 0.6) is 5.75 Å². The highest BCUT2D eigenvalue weighted by Crippen LogP contribution is 2.16. The van der Waals surface area contributed by atoms with Gasteiger partial charge in [0.25, 0.3) is 0 Å². The summed E-state index contributed by atoms with van der Waals surface area (Å²) in [6.07, 6.45) is 3.58. The normalized spacial score (nSPS) is 10.9. The Labute approximate surface area is 128 Å². The largest absolute Gasteiger partial charge is 0.489 e. The molecule has 1 aromatic heterocycles. The molecule has 0 saturated heterocycles. The van der Waals surface area contributed by atoms with E-state index in [0.29, 0.717) is 12.5 Å². The third-order valence-corrected chi connectivity index (χ3v) is 3.00. The second-order valence-electron chi connectivity index (χ2n) is 4.66. The third kappa shape index (κ3) is 3.73. The van der Waals surface area contributed by atoms with E-state index in [4.69, 9.17) is 14.9 Å². The quantitative estimate of drug-likeness (QED) is 0.780. The van der Waals surface area contributed by atoms with Crippen LogP contribution in [-0.4, -0.2) is 10.2 Å². The summed E-state index contributed by atoms with van der Waals surface area (Å²) in [4.78, 5) is 0. The summed E-state index contributed by atoms with van der Waals surface area (Å²) in [5, 5.41) is 7.34. The first-order valence-electron chi connectivity index (χ1n) is 6.83. The van der Waals surface area contributed by atoms with Gasteiger partial charge in [0.2, 0.25) is 5.89 Å². The van der Waals surface area contributed by atoms with Crippen LogP contribution in [0.2, 0.25) is 0 Å². The minimum atomic E-state index is 0.0595. The molecule has 2 N–H and O–H groups in total. The Balaban J connectivity index is 1.59. The van der Waals surface area contributed by atoms with Gasteiger partial charge >= 0.3 is 6.01 Å². The highest BCUT2D eigenvalue weighted by Gasteiger charge is 1.98. The van der Waals surface area contributed by atoms with E-state index >= 15 is 0 Å². The first-order chi connectivity index (χ1) is 10.8. The molecule has 0 aliphatic carbocycles. The fourth-order valence-electron chi connectivity index (χ4n) is 1.90. The Bertz CT molecular complexity index is 749. The Morgan fingerprint density at radius 1 is 0.955 bits per heavy atom. The Morgan fingerprint density at radius 3 is 2.41 bits per heavy atom. The zero-order valence-electron chi connectivity index (χ0n) is 11.8. The van der Waals surface area contributed by atoms with Crippen molar-refractivity contribution in [1.29, 1.82) is 0 Å². The van der Waals surface area contributed by atoms with Gasteiger partial charge in [-0.3, -0.25) is 0 Å². The van der Waals surface area contributed by atoms with Gasteiger partial charge in [-0.05, 0) is 29.3 Å². The molecule has 0 atom stereocenters. The lowest BCUT2D eigenvalue weighted by Gasteiger charge is -2.06. The molecule has 0 bridgehead atoms. The molecule has 0 spiro atoms. The standard InChI is InChI=1S/C17H15N3O2/c18-17-20-19-16(22-17)11-8-13-6-9-15(10-7-13)21-12-14-4-2-1-3-5-14/h1-11H,12H2,(H2,18,20)/b11-8+. The van der Waals surface area contributed by atoms with Crippen molar-refractivity contribution in [2.45, 2.75) is 6.61 Å². The van der Waals surface area contributed by atoms with Crippen LogP contribution < -0.4 is 10.5 Å². The lowest BCUT2D eigenvalue weighted by Crippen LogP contribution is -1.94. The van der Waals surface area contributed by atoms with Gasteiger partial charge in [-0.25, -0.2) is 0 Å². The van der Waals surface area contributed by atoms with Crippen LogP contribution in [0, 0.1) is 0 Å². The molecular weight excluding hydrogens is 278 g/mol. The summed E-state index contributed by atoms with van der Waals surface area (Å²) in [5.74, 6) is 1.20. The van der Waals surface area contributed by atoms with Crippen molar-refractivity contribution in [2.75, 3.05) is 5.73 Å². The van der Waals surface area contributed by atoms with Gasteiger partial charge in [0, 0.05) is 6.08 Å². The average Bonchev–Trinajstić information content (AvgIpc) is 2.98. The first-order valence-corrected chi connectivity index (χ1v) is 6.83. The van der Waals surface area contributed by atoms with Crippen LogP contribution in [-0.2, 0) is 6.61 Å². The average molecular weight is 293 g/mol. The summed E-state index contributed by atoms with van der Waals surface area (Å²) in [6.45, 7) is 0.553. The molecule has 22 heavy (non-hydrogen) atoms. The topological polar surface area (TPSA) is 74.2 Å². The van der Waals surface area contributed by atoms with Crippen LogP contribution in [0.25, 0.3) is 12.2 Å². The molecule has 5 nitrogen and oxygen atoms in total. The molecule has 0 radical (unpaired) electrons. The van der Waals surface area contributed by atoms with Crippen molar-refractivity contribution in [1.82, 2.24) is 10.2 Å². The lowest BCUT2D eigenvalue weighted by atomic mass is 10.2. The Hall–Kier alpha value is -3.08. The van der Waals surface area contributed by atoms with Gasteiger partial charge in [0.05, 0.1) is 0 Å². The molecule has 2 aromatic carbocycles. The Morgan fingerprint density at radius 2 is 1.73 bits per heavy atom. The molecule has 0 unspecified atom stereocenters. The molecular formula is C17H15N3O2. The van der Waals surface area contributed by atoms with Crippen molar-refractivity contribution in [3.63, 3.8) is 0 Å². The van der Waals surface area contributed by atoms with Crippen LogP contribution in [0.4, 0.5) is 6.01 Å². The molecule has 0 saturated carbocycles. The van der Waals surface area contributed by atoms with Crippen LogP contribution >= 0.6 is 0 Å². The fourth-order valence-corrected chi connectivity index (χ4v) is 1.90. The van der Waals surface area contributed by atoms with Gasteiger partial charge < -0.3 is 14.9 Å². The number of aromatic nitrogens is 2. The number of anilines is 1. The monoisotopic (exact) mass is 293 g/mol. The SMILES string of the molecule is Nc1nnc(/C=C/c2ccc(OCc3ccccc3)cc2)o1. The predicted octanol–water partition coefficient (Wildman–Crippen LogP) is 3.40. The molecule has 3 aromatic rings. The summed E-state index contributed by atoms with van der Waals surface area (Å²) in [5.41, 5.74) is 7.50. The molecule has 0 aliphatic heterocycles. The molecule has 1 heterocycles. The molecule has 0 aliphatic rings. The minimum absolute atomic E-state index is 0.0595. The summed E-state index contributed by atoms with van der Waals surface area (Å²) >= 11 is 0. The number of benzene rings is 2. The maximum absolute atomic E-state index is 5.73. The van der Waals surface area contributed by atoms with Crippen molar-refractivity contribution in [3.8, 4) is 5.75 Å². The summed E-state index contributed by atoms with van der Waals surface area (Å²) in [7, 11) is 0. The maximum Gasteiger partial charge on any atom is 0.313 e. The molecule has 0 amide bonds. The van der Waals surface area contributed by atoms with Gasteiger partial charge in [-0.1, -0.05) is 47.6 Å². The van der Waals surface area contributed by atoms with Crippen molar-refractivity contribution in [3.05, 3.63) is 71.6 Å². The number of nitrogens with zero attached hydrogens (tertiary/aromatic N) is 2. The fraction of sp³-hybridized carbons (Fsp3) is 0.0588. The van der Waals surface area contributed by atoms with E-state index in [1.165, 1.54) is 0 Å². The Kier molecular flexibility index (Phi) is 4.15. The van der Waals surface area contributed by atoms with E-state index in [-0.39, 0.29) is 6.01 Å². The van der Waals surface area contributed by atoms with Crippen LogP contribution in [0.15, 0.2) is 59.0 Å². The summed E-state index contributed by atoms with van der Waals surface area (Å²) in [6, 6.07) is 17.9. The minimum Gasteiger partial charge on any atom is -0.489 e. The maximum atomic E-state index is 5.73. The molecule has 3 rings (SSSR count). The van der Waals surface area contributed by atoms with Gasteiger partial charge in [0.1, 0.15) is 12.4 Å². The van der Waals surface area contributed by atoms with E-state index in [9.17, 15) is 0 Å². The molecule has 110 valence electrons. The van der Waals surface area contributed by atoms with Crippen molar-refractivity contribution >= 4 is 18.2 Å². The second-order valence-corrected chi connectivity index (χ2v) is 4.66. The van der Waals surface area contributed by atoms with Gasteiger partial charge in [-0.2, -0.15) is 0 Å². The molecule has 0 fully saturated rings. The van der Waals surface area contributed by atoms with E-state index in [0.717, 1.165) is 16.9 Å². The number of hydrogen-bond acceptors (Lipinski definition) is 5. The summed E-state index contributed by atoms with van der Waals surface area (Å²) < 4.78 is 10.8. The smallest absolute Gasteiger partial charge is 0.313 e. The number of hydrogen-bond donors (Lipinski definition) is 1. The zero-order valence-corrected chi connectivity index (χ0v) is 11.8. The van der Waals surface area contributed by atoms with E-state index in [1.54, 1.807) is 6.08 Å². The number of nitrogen functional groups attached to an aromatic ring is 1. The number of ether oxygens (including phenoxy) is 1.